The molecule has 0 spiro atoms. The van der Waals surface area contributed by atoms with Gasteiger partial charge in [0.1, 0.15) is 6.33 Å². The predicted molar refractivity (Wildman–Crippen MR) is 82.9 cm³/mol. The minimum atomic E-state index is -4.44. The van der Waals surface area contributed by atoms with E-state index in [1.807, 2.05) is 0 Å². The number of halogens is 3. The summed E-state index contributed by atoms with van der Waals surface area (Å²) in [5.41, 5.74) is 1.37. The first kappa shape index (κ1) is 17.3. The molecule has 0 saturated carbocycles. The molecular formula is C15H11F3N6O2. The van der Waals surface area contributed by atoms with E-state index in [0.29, 0.717) is 16.9 Å². The van der Waals surface area contributed by atoms with Gasteiger partial charge in [-0.15, -0.1) is 5.10 Å². The third-order valence-corrected chi connectivity index (χ3v) is 3.12. The molecule has 3 rings (SSSR count). The van der Waals surface area contributed by atoms with Crippen LogP contribution in [0, 0.1) is 0 Å². The van der Waals surface area contributed by atoms with Crippen LogP contribution in [0.25, 0.3) is 5.69 Å². The van der Waals surface area contributed by atoms with Gasteiger partial charge in [0, 0.05) is 11.6 Å². The predicted octanol–water partition coefficient (Wildman–Crippen LogP) is 2.25. The number of pyridine rings is 1. The molecule has 0 bridgehead atoms. The highest BCUT2D eigenvalue weighted by atomic mass is 19.4. The second kappa shape index (κ2) is 7.17. The number of hydrogen-bond acceptors (Lipinski definition) is 6. The number of tetrazole rings is 1. The van der Waals surface area contributed by atoms with Crippen molar-refractivity contribution in [2.24, 2.45) is 0 Å². The quantitative estimate of drug-likeness (QED) is 0.746. The molecule has 11 heteroatoms. The average Bonchev–Trinajstić information content (AvgIpc) is 3.15. The van der Waals surface area contributed by atoms with Crippen molar-refractivity contribution >= 4 is 11.6 Å². The Morgan fingerprint density at radius 2 is 1.92 bits per heavy atom. The van der Waals surface area contributed by atoms with Gasteiger partial charge in [0.25, 0.3) is 5.91 Å². The maximum Gasteiger partial charge on any atom is 0.422 e. The maximum atomic E-state index is 12.2. The Morgan fingerprint density at radius 1 is 1.15 bits per heavy atom. The second-order valence-electron chi connectivity index (χ2n) is 5.04. The summed E-state index contributed by atoms with van der Waals surface area (Å²) in [5, 5.41) is 13.4. The van der Waals surface area contributed by atoms with E-state index in [4.69, 9.17) is 0 Å². The lowest BCUT2D eigenvalue weighted by molar-refractivity contribution is -0.154. The number of carbonyl (C=O) groups excluding carboxylic acids is 1. The lowest BCUT2D eigenvalue weighted by Gasteiger charge is -2.09. The molecule has 134 valence electrons. The van der Waals surface area contributed by atoms with Crippen LogP contribution < -0.4 is 10.1 Å². The Bertz CT molecular complexity index is 864. The average molecular weight is 364 g/mol. The Labute approximate surface area is 144 Å². The highest BCUT2D eigenvalue weighted by Crippen LogP contribution is 2.18. The van der Waals surface area contributed by atoms with Crippen LogP contribution in [0.4, 0.5) is 18.9 Å². The van der Waals surface area contributed by atoms with Crippen LogP contribution in [0.5, 0.6) is 5.88 Å². The first-order valence-corrected chi connectivity index (χ1v) is 7.21. The molecular weight excluding hydrogens is 353 g/mol. The topological polar surface area (TPSA) is 94.8 Å². The first-order chi connectivity index (χ1) is 12.4. The molecule has 0 aliphatic carbocycles. The summed E-state index contributed by atoms with van der Waals surface area (Å²) in [4.78, 5) is 15.9. The number of carbonyl (C=O) groups is 1. The van der Waals surface area contributed by atoms with E-state index >= 15 is 0 Å². The molecule has 0 saturated heterocycles. The molecule has 3 aromatic rings. The number of aromatic nitrogens is 5. The monoisotopic (exact) mass is 364 g/mol. The summed E-state index contributed by atoms with van der Waals surface area (Å²) in [6.45, 7) is -1.43. The Hall–Kier alpha value is -3.50. The van der Waals surface area contributed by atoms with Gasteiger partial charge in [-0.2, -0.15) is 13.2 Å². The first-order valence-electron chi connectivity index (χ1n) is 7.21. The highest BCUT2D eigenvalue weighted by molar-refractivity contribution is 6.04. The number of hydrogen-bond donors (Lipinski definition) is 1. The molecule has 0 fully saturated rings. The van der Waals surface area contributed by atoms with Crippen LogP contribution >= 0.6 is 0 Å². The third-order valence-electron chi connectivity index (χ3n) is 3.12. The van der Waals surface area contributed by atoms with Gasteiger partial charge in [-0.25, -0.2) is 9.67 Å². The van der Waals surface area contributed by atoms with E-state index in [1.165, 1.54) is 29.3 Å². The zero-order valence-electron chi connectivity index (χ0n) is 13.0. The number of benzene rings is 1. The summed E-state index contributed by atoms with van der Waals surface area (Å²) in [5.74, 6) is -0.592. The summed E-state index contributed by atoms with van der Waals surface area (Å²) in [7, 11) is 0. The fourth-order valence-electron chi connectivity index (χ4n) is 1.94. The lowest BCUT2D eigenvalue weighted by Crippen LogP contribution is -2.19. The van der Waals surface area contributed by atoms with E-state index < -0.39 is 18.7 Å². The van der Waals surface area contributed by atoms with Crippen molar-refractivity contribution in [1.29, 1.82) is 0 Å². The SMILES string of the molecule is O=C(Nc1ccc(OCC(F)(F)F)nc1)c1ccc(-n2cnnn2)cc1. The van der Waals surface area contributed by atoms with E-state index in [1.54, 1.807) is 24.3 Å². The van der Waals surface area contributed by atoms with Crippen LogP contribution in [0.1, 0.15) is 10.4 Å². The zero-order chi connectivity index (χ0) is 18.6. The van der Waals surface area contributed by atoms with Gasteiger partial charge in [-0.3, -0.25) is 4.79 Å². The summed E-state index contributed by atoms with van der Waals surface area (Å²) >= 11 is 0. The lowest BCUT2D eigenvalue weighted by atomic mass is 10.2. The minimum absolute atomic E-state index is 0.189. The Balaban J connectivity index is 1.61. The highest BCUT2D eigenvalue weighted by Gasteiger charge is 2.28. The summed E-state index contributed by atoms with van der Waals surface area (Å²) < 4.78 is 42.2. The van der Waals surface area contributed by atoms with Crippen LogP contribution in [-0.4, -0.2) is 43.9 Å². The molecule has 0 atom stereocenters. The molecule has 0 radical (unpaired) electrons. The zero-order valence-corrected chi connectivity index (χ0v) is 13.0. The van der Waals surface area contributed by atoms with E-state index in [9.17, 15) is 18.0 Å². The van der Waals surface area contributed by atoms with Crippen LogP contribution in [0.2, 0.25) is 0 Å². The van der Waals surface area contributed by atoms with Crippen molar-refractivity contribution in [1.82, 2.24) is 25.2 Å². The van der Waals surface area contributed by atoms with Crippen LogP contribution in [0.15, 0.2) is 48.9 Å². The van der Waals surface area contributed by atoms with Crippen molar-refractivity contribution in [3.05, 3.63) is 54.5 Å². The van der Waals surface area contributed by atoms with Gasteiger partial charge in [-0.05, 0) is 40.8 Å². The smallest absolute Gasteiger partial charge is 0.422 e. The van der Waals surface area contributed by atoms with Crippen LogP contribution in [-0.2, 0) is 0 Å². The third kappa shape index (κ3) is 4.53. The maximum absolute atomic E-state index is 12.2. The van der Waals surface area contributed by atoms with Gasteiger partial charge in [0.2, 0.25) is 5.88 Å². The molecule has 26 heavy (non-hydrogen) atoms. The van der Waals surface area contributed by atoms with Gasteiger partial charge < -0.3 is 10.1 Å². The fraction of sp³-hybridized carbons (Fsp3) is 0.133. The number of anilines is 1. The number of nitrogens with one attached hydrogen (secondary N) is 1. The van der Waals surface area contributed by atoms with Crippen molar-refractivity contribution in [3.8, 4) is 11.6 Å². The van der Waals surface area contributed by atoms with Gasteiger partial charge in [-0.1, -0.05) is 0 Å². The number of amides is 1. The largest absolute Gasteiger partial charge is 0.468 e. The summed E-state index contributed by atoms with van der Waals surface area (Å²) in [6.07, 6.45) is -1.81. The molecule has 1 amide bonds. The number of rotatable bonds is 5. The Kier molecular flexibility index (Phi) is 4.78. The number of alkyl halides is 3. The van der Waals surface area contributed by atoms with Crippen molar-refractivity contribution in [2.75, 3.05) is 11.9 Å². The number of ether oxygens (including phenoxy) is 1. The van der Waals surface area contributed by atoms with E-state index in [-0.39, 0.29) is 5.88 Å². The molecule has 0 aliphatic heterocycles. The molecule has 0 aliphatic rings. The normalized spacial score (nSPS) is 11.2. The van der Waals surface area contributed by atoms with Crippen molar-refractivity contribution < 1.29 is 22.7 Å². The fourth-order valence-corrected chi connectivity index (χ4v) is 1.94. The van der Waals surface area contributed by atoms with Gasteiger partial charge >= 0.3 is 6.18 Å². The second-order valence-corrected chi connectivity index (χ2v) is 5.04. The van der Waals surface area contributed by atoms with E-state index in [2.05, 4.69) is 30.6 Å². The van der Waals surface area contributed by atoms with E-state index in [0.717, 1.165) is 0 Å². The minimum Gasteiger partial charge on any atom is -0.468 e. The molecule has 1 aromatic carbocycles. The molecule has 1 N–H and O–H groups in total. The molecule has 8 nitrogen and oxygen atoms in total. The number of nitrogens with zero attached hydrogens (tertiary/aromatic N) is 5. The molecule has 0 unspecified atom stereocenters. The van der Waals surface area contributed by atoms with Crippen LogP contribution in [0.3, 0.4) is 0 Å². The van der Waals surface area contributed by atoms with Gasteiger partial charge in [0.05, 0.1) is 17.6 Å². The molecule has 2 heterocycles. The van der Waals surface area contributed by atoms with Gasteiger partial charge in [0.15, 0.2) is 6.61 Å². The standard InChI is InChI=1S/C15H11F3N6O2/c16-15(17,18)8-26-13-6-3-11(7-19-13)21-14(25)10-1-4-12(5-2-10)24-9-20-22-23-24/h1-7,9H,8H2,(H,21,25). The summed E-state index contributed by atoms with van der Waals surface area (Å²) in [6, 6.07) is 9.13. The van der Waals surface area contributed by atoms with Crippen molar-refractivity contribution in [2.45, 2.75) is 6.18 Å². The van der Waals surface area contributed by atoms with Crippen molar-refractivity contribution in [3.63, 3.8) is 0 Å². The Morgan fingerprint density at radius 3 is 2.50 bits per heavy atom. The molecule has 2 aromatic heterocycles.